The molecule has 0 amide bonds. The van der Waals surface area contributed by atoms with E-state index in [0.717, 1.165) is 6.61 Å². The van der Waals surface area contributed by atoms with E-state index in [1.165, 1.54) is 0 Å². The Kier molecular flexibility index (Phi) is 7.13. The largest absolute Gasteiger partial charge is 0.380 e. The number of hydrogen-bond donors (Lipinski definition) is 2. The maximum absolute atomic E-state index is 5.77. The zero-order chi connectivity index (χ0) is 11.8. The number of ether oxygens (including phenoxy) is 1. The lowest BCUT2D eigenvalue weighted by Gasteiger charge is -2.18. The third-order valence-electron chi connectivity index (χ3n) is 2.00. The van der Waals surface area contributed by atoms with Crippen LogP contribution in [0.15, 0.2) is 4.99 Å². The van der Waals surface area contributed by atoms with Gasteiger partial charge in [-0.05, 0) is 26.7 Å². The van der Waals surface area contributed by atoms with Gasteiger partial charge in [0.2, 0.25) is 0 Å². The minimum atomic E-state index is 0.135. The van der Waals surface area contributed by atoms with Crippen LogP contribution >= 0.6 is 0 Å². The molecule has 0 saturated heterocycles. The predicted molar refractivity (Wildman–Crippen MR) is 65.0 cm³/mol. The maximum Gasteiger partial charge on any atom is 0.189 e. The smallest absolute Gasteiger partial charge is 0.189 e. The van der Waals surface area contributed by atoms with Crippen LogP contribution in [0.25, 0.3) is 0 Å². The van der Waals surface area contributed by atoms with Crippen LogP contribution in [0.3, 0.4) is 0 Å². The van der Waals surface area contributed by atoms with Gasteiger partial charge in [0, 0.05) is 12.6 Å². The Bertz CT molecular complexity index is 190. The van der Waals surface area contributed by atoms with E-state index in [1.807, 2.05) is 20.8 Å². The van der Waals surface area contributed by atoms with Gasteiger partial charge in [-0.2, -0.15) is 0 Å². The lowest BCUT2D eigenvalue weighted by Crippen LogP contribution is -2.39. The second-order valence-corrected chi connectivity index (χ2v) is 4.28. The normalized spacial score (nSPS) is 14.7. The Hall–Kier alpha value is -0.770. The van der Waals surface area contributed by atoms with Crippen molar-refractivity contribution in [2.45, 2.75) is 46.7 Å². The van der Waals surface area contributed by atoms with E-state index in [2.05, 4.69) is 24.2 Å². The molecule has 0 aromatic carbocycles. The molecule has 0 spiro atoms. The fraction of sp³-hybridized carbons (Fsp3) is 0.909. The van der Waals surface area contributed by atoms with Crippen molar-refractivity contribution in [3.05, 3.63) is 0 Å². The lowest BCUT2D eigenvalue weighted by atomic mass is 10.1. The second kappa shape index (κ2) is 7.51. The lowest BCUT2D eigenvalue weighted by molar-refractivity contribution is 0.122. The molecule has 0 aliphatic rings. The summed E-state index contributed by atoms with van der Waals surface area (Å²) in [5.74, 6) is 0.937. The molecule has 4 nitrogen and oxygen atoms in total. The van der Waals surface area contributed by atoms with Gasteiger partial charge >= 0.3 is 0 Å². The number of nitrogens with one attached hydrogen (secondary N) is 1. The van der Waals surface area contributed by atoms with E-state index < -0.39 is 0 Å². The quantitative estimate of drug-likeness (QED) is 0.519. The molecular weight excluding hydrogens is 190 g/mol. The molecule has 0 aromatic heterocycles. The van der Waals surface area contributed by atoms with Crippen molar-refractivity contribution in [3.8, 4) is 0 Å². The highest BCUT2D eigenvalue weighted by Crippen LogP contribution is 2.06. The van der Waals surface area contributed by atoms with Crippen molar-refractivity contribution in [2.24, 2.45) is 16.6 Å². The summed E-state index contributed by atoms with van der Waals surface area (Å²) in [6, 6.07) is 0.449. The number of nitrogens with two attached hydrogens (primary N) is 1. The van der Waals surface area contributed by atoms with E-state index in [4.69, 9.17) is 10.5 Å². The van der Waals surface area contributed by atoms with Gasteiger partial charge in [-0.15, -0.1) is 0 Å². The van der Waals surface area contributed by atoms with Crippen molar-refractivity contribution in [1.82, 2.24) is 5.32 Å². The van der Waals surface area contributed by atoms with E-state index in [0.29, 0.717) is 24.5 Å². The van der Waals surface area contributed by atoms with Gasteiger partial charge in [0.1, 0.15) is 0 Å². The highest BCUT2D eigenvalue weighted by molar-refractivity contribution is 5.78. The van der Waals surface area contributed by atoms with Gasteiger partial charge in [0.25, 0.3) is 0 Å². The predicted octanol–water partition coefficient (Wildman–Crippen LogP) is 1.36. The molecule has 0 fully saturated rings. The molecule has 0 radical (unpaired) electrons. The standard InChI is InChI=1S/C11H25N3O/c1-6-15-7-10(8(2)3)14-11(12)13-9(4)5/h8-10H,6-7H2,1-5H3,(H3,12,13,14). The first-order valence-corrected chi connectivity index (χ1v) is 5.64. The van der Waals surface area contributed by atoms with E-state index in [-0.39, 0.29) is 6.04 Å². The van der Waals surface area contributed by atoms with Gasteiger partial charge in [0.15, 0.2) is 5.96 Å². The average Bonchev–Trinajstić information content (AvgIpc) is 2.10. The van der Waals surface area contributed by atoms with Crippen LogP contribution in [0.5, 0.6) is 0 Å². The molecule has 90 valence electrons. The molecule has 1 atom stereocenters. The molecule has 0 bridgehead atoms. The summed E-state index contributed by atoms with van der Waals surface area (Å²) < 4.78 is 5.37. The number of guanidine groups is 1. The minimum Gasteiger partial charge on any atom is -0.380 e. The molecule has 15 heavy (non-hydrogen) atoms. The van der Waals surface area contributed by atoms with Crippen LogP contribution in [-0.4, -0.2) is 31.3 Å². The third kappa shape index (κ3) is 7.19. The van der Waals surface area contributed by atoms with Crippen molar-refractivity contribution < 1.29 is 4.74 Å². The van der Waals surface area contributed by atoms with Gasteiger partial charge < -0.3 is 15.8 Å². The summed E-state index contributed by atoms with van der Waals surface area (Å²) in [7, 11) is 0. The fourth-order valence-electron chi connectivity index (χ4n) is 1.13. The summed E-state index contributed by atoms with van der Waals surface area (Å²) in [5.41, 5.74) is 5.77. The first kappa shape index (κ1) is 14.2. The molecule has 3 N–H and O–H groups in total. The Balaban J connectivity index is 4.23. The molecule has 0 aliphatic carbocycles. The molecule has 0 rings (SSSR count). The zero-order valence-electron chi connectivity index (χ0n) is 10.6. The van der Waals surface area contributed by atoms with Crippen LogP contribution in [0.2, 0.25) is 0 Å². The van der Waals surface area contributed by atoms with Crippen LogP contribution in [0.1, 0.15) is 34.6 Å². The van der Waals surface area contributed by atoms with Crippen molar-refractivity contribution >= 4 is 5.96 Å². The van der Waals surface area contributed by atoms with Crippen molar-refractivity contribution in [2.75, 3.05) is 13.2 Å². The molecule has 0 heterocycles. The molecule has 1 unspecified atom stereocenters. The summed E-state index contributed by atoms with van der Waals surface area (Å²) >= 11 is 0. The van der Waals surface area contributed by atoms with Crippen molar-refractivity contribution in [3.63, 3.8) is 0 Å². The minimum absolute atomic E-state index is 0.135. The summed E-state index contributed by atoms with van der Waals surface area (Å²) in [6.45, 7) is 11.7. The fourth-order valence-corrected chi connectivity index (χ4v) is 1.13. The molecule has 4 heteroatoms. The summed E-state index contributed by atoms with van der Waals surface area (Å²) in [5, 5.41) is 3.08. The molecule has 0 saturated carbocycles. The topological polar surface area (TPSA) is 59.6 Å². The van der Waals surface area contributed by atoms with E-state index in [9.17, 15) is 0 Å². The SMILES string of the molecule is CCOCC(N=C(N)NC(C)C)C(C)C. The highest BCUT2D eigenvalue weighted by atomic mass is 16.5. The maximum atomic E-state index is 5.77. The number of aliphatic imine (C=N–C) groups is 1. The Morgan fingerprint density at radius 3 is 2.33 bits per heavy atom. The zero-order valence-corrected chi connectivity index (χ0v) is 10.6. The van der Waals surface area contributed by atoms with Crippen molar-refractivity contribution in [1.29, 1.82) is 0 Å². The molecular formula is C11H25N3O. The van der Waals surface area contributed by atoms with Crippen LogP contribution in [0.4, 0.5) is 0 Å². The Morgan fingerprint density at radius 1 is 1.33 bits per heavy atom. The Morgan fingerprint density at radius 2 is 1.93 bits per heavy atom. The highest BCUT2D eigenvalue weighted by Gasteiger charge is 2.12. The summed E-state index contributed by atoms with van der Waals surface area (Å²) in [6.07, 6.45) is 0. The first-order chi connectivity index (χ1) is 6.97. The van der Waals surface area contributed by atoms with Crippen LogP contribution in [-0.2, 0) is 4.74 Å². The van der Waals surface area contributed by atoms with Crippen LogP contribution in [0, 0.1) is 5.92 Å². The van der Waals surface area contributed by atoms with Gasteiger partial charge in [-0.3, -0.25) is 0 Å². The monoisotopic (exact) mass is 215 g/mol. The second-order valence-electron chi connectivity index (χ2n) is 4.28. The van der Waals surface area contributed by atoms with Crippen LogP contribution < -0.4 is 11.1 Å². The van der Waals surface area contributed by atoms with E-state index >= 15 is 0 Å². The number of rotatable bonds is 6. The van der Waals surface area contributed by atoms with Gasteiger partial charge in [-0.1, -0.05) is 13.8 Å². The average molecular weight is 215 g/mol. The van der Waals surface area contributed by atoms with Gasteiger partial charge in [-0.25, -0.2) is 4.99 Å². The molecule has 0 aliphatic heterocycles. The number of hydrogen-bond acceptors (Lipinski definition) is 2. The summed E-state index contributed by atoms with van der Waals surface area (Å²) in [4.78, 5) is 4.41. The Labute approximate surface area is 93.3 Å². The van der Waals surface area contributed by atoms with Gasteiger partial charge in [0.05, 0.1) is 12.6 Å². The molecule has 0 aromatic rings. The third-order valence-corrected chi connectivity index (χ3v) is 2.00. The first-order valence-electron chi connectivity index (χ1n) is 5.64. The number of nitrogens with zero attached hydrogens (tertiary/aromatic N) is 1. The van der Waals surface area contributed by atoms with E-state index in [1.54, 1.807) is 0 Å².